The van der Waals surface area contributed by atoms with Crippen molar-refractivity contribution in [2.24, 2.45) is 0 Å². The molecule has 0 bridgehead atoms. The zero-order valence-electron chi connectivity index (χ0n) is 13.0. The van der Waals surface area contributed by atoms with Crippen LogP contribution in [-0.4, -0.2) is 14.2 Å². The van der Waals surface area contributed by atoms with Crippen LogP contribution in [0.15, 0.2) is 18.2 Å². The maximum Gasteiger partial charge on any atom is 0.161 e. The van der Waals surface area contributed by atoms with Gasteiger partial charge in [0.05, 0.1) is 14.2 Å². The van der Waals surface area contributed by atoms with E-state index in [1.54, 1.807) is 14.2 Å². The van der Waals surface area contributed by atoms with Crippen LogP contribution in [0.4, 0.5) is 0 Å². The highest BCUT2D eigenvalue weighted by molar-refractivity contribution is 9.09. The zero-order chi connectivity index (χ0) is 14.8. The lowest BCUT2D eigenvalue weighted by Gasteiger charge is -2.13. The smallest absolute Gasteiger partial charge is 0.161 e. The number of hydrogen-bond acceptors (Lipinski definition) is 2. The van der Waals surface area contributed by atoms with Crippen molar-refractivity contribution < 1.29 is 9.47 Å². The molecule has 0 heterocycles. The number of hydrogen-bond donors (Lipinski definition) is 0. The molecule has 1 aromatic rings. The summed E-state index contributed by atoms with van der Waals surface area (Å²) < 4.78 is 10.6. The van der Waals surface area contributed by atoms with Crippen LogP contribution < -0.4 is 9.47 Å². The van der Waals surface area contributed by atoms with Crippen LogP contribution in [0, 0.1) is 0 Å². The van der Waals surface area contributed by atoms with E-state index in [0.29, 0.717) is 4.83 Å². The standard InChI is InChI=1S/C17H27BrO2/c1-4-5-6-7-8-9-10-15(18)14-11-12-16(19-2)17(13-14)20-3/h11-13,15H,4-10H2,1-3H3. The van der Waals surface area contributed by atoms with Crippen LogP contribution >= 0.6 is 15.9 Å². The highest BCUT2D eigenvalue weighted by Crippen LogP contribution is 2.35. The maximum absolute atomic E-state index is 5.35. The zero-order valence-corrected chi connectivity index (χ0v) is 14.5. The third-order valence-electron chi connectivity index (χ3n) is 3.58. The number of benzene rings is 1. The summed E-state index contributed by atoms with van der Waals surface area (Å²) >= 11 is 3.78. The normalized spacial score (nSPS) is 12.2. The fraction of sp³-hybridized carbons (Fsp3) is 0.647. The third-order valence-corrected chi connectivity index (χ3v) is 4.57. The first-order valence-electron chi connectivity index (χ1n) is 7.59. The molecule has 1 atom stereocenters. The Bertz CT molecular complexity index is 379. The Balaban J connectivity index is 2.41. The van der Waals surface area contributed by atoms with Gasteiger partial charge in [-0.3, -0.25) is 0 Å². The molecule has 1 aromatic carbocycles. The van der Waals surface area contributed by atoms with E-state index in [-0.39, 0.29) is 0 Å². The molecule has 0 radical (unpaired) electrons. The summed E-state index contributed by atoms with van der Waals surface area (Å²) in [6, 6.07) is 6.15. The van der Waals surface area contributed by atoms with E-state index >= 15 is 0 Å². The lowest BCUT2D eigenvalue weighted by molar-refractivity contribution is 0.354. The largest absolute Gasteiger partial charge is 0.493 e. The average Bonchev–Trinajstić information content (AvgIpc) is 2.49. The van der Waals surface area contributed by atoms with Gasteiger partial charge in [-0.2, -0.15) is 0 Å². The molecule has 0 amide bonds. The molecule has 0 saturated carbocycles. The molecule has 0 fully saturated rings. The fourth-order valence-corrected chi connectivity index (χ4v) is 2.93. The van der Waals surface area contributed by atoms with Crippen molar-refractivity contribution in [1.82, 2.24) is 0 Å². The minimum atomic E-state index is 0.397. The SMILES string of the molecule is CCCCCCCCC(Br)c1ccc(OC)c(OC)c1. The molecule has 0 N–H and O–H groups in total. The van der Waals surface area contributed by atoms with Crippen LogP contribution in [0.1, 0.15) is 62.3 Å². The van der Waals surface area contributed by atoms with E-state index in [1.807, 2.05) is 6.07 Å². The van der Waals surface area contributed by atoms with Gasteiger partial charge in [0.15, 0.2) is 11.5 Å². The summed E-state index contributed by atoms with van der Waals surface area (Å²) in [4.78, 5) is 0.397. The number of methoxy groups -OCH3 is 2. The predicted octanol–water partition coefficient (Wildman–Crippen LogP) is 5.89. The van der Waals surface area contributed by atoms with E-state index in [4.69, 9.17) is 9.47 Å². The Hall–Kier alpha value is -0.700. The van der Waals surface area contributed by atoms with Gasteiger partial charge in [-0.25, -0.2) is 0 Å². The van der Waals surface area contributed by atoms with Crippen molar-refractivity contribution in [3.8, 4) is 11.5 Å². The lowest BCUT2D eigenvalue weighted by Crippen LogP contribution is -1.95. The number of unbranched alkanes of at least 4 members (excludes halogenated alkanes) is 5. The molecule has 0 aliphatic rings. The minimum absolute atomic E-state index is 0.397. The molecular weight excluding hydrogens is 316 g/mol. The van der Waals surface area contributed by atoms with Gasteiger partial charge in [0, 0.05) is 4.83 Å². The number of alkyl halides is 1. The molecule has 0 aliphatic heterocycles. The number of ether oxygens (including phenoxy) is 2. The van der Waals surface area contributed by atoms with Crippen molar-refractivity contribution >= 4 is 15.9 Å². The molecule has 0 aliphatic carbocycles. The van der Waals surface area contributed by atoms with E-state index in [0.717, 1.165) is 11.5 Å². The Morgan fingerprint density at radius 2 is 1.60 bits per heavy atom. The summed E-state index contributed by atoms with van der Waals surface area (Å²) in [5, 5.41) is 0. The Kier molecular flexibility index (Phi) is 8.75. The molecule has 1 unspecified atom stereocenters. The average molecular weight is 343 g/mol. The monoisotopic (exact) mass is 342 g/mol. The van der Waals surface area contributed by atoms with Crippen LogP contribution in [-0.2, 0) is 0 Å². The summed E-state index contributed by atoms with van der Waals surface area (Å²) in [6.45, 7) is 2.26. The first-order valence-corrected chi connectivity index (χ1v) is 8.50. The molecule has 0 saturated heterocycles. The van der Waals surface area contributed by atoms with E-state index in [2.05, 4.69) is 35.0 Å². The van der Waals surface area contributed by atoms with Crippen molar-refractivity contribution in [3.05, 3.63) is 23.8 Å². The third kappa shape index (κ3) is 5.74. The van der Waals surface area contributed by atoms with Crippen LogP contribution in [0.3, 0.4) is 0 Å². The summed E-state index contributed by atoms with van der Waals surface area (Å²) in [5.41, 5.74) is 1.26. The number of rotatable bonds is 10. The van der Waals surface area contributed by atoms with Gasteiger partial charge >= 0.3 is 0 Å². The Morgan fingerprint density at radius 1 is 0.950 bits per heavy atom. The van der Waals surface area contributed by atoms with Crippen molar-refractivity contribution in [3.63, 3.8) is 0 Å². The van der Waals surface area contributed by atoms with Gasteiger partial charge in [0.25, 0.3) is 0 Å². The fourth-order valence-electron chi connectivity index (χ4n) is 2.32. The molecule has 0 spiro atoms. The maximum atomic E-state index is 5.35. The van der Waals surface area contributed by atoms with Gasteiger partial charge < -0.3 is 9.47 Å². The van der Waals surface area contributed by atoms with Crippen LogP contribution in [0.2, 0.25) is 0 Å². The van der Waals surface area contributed by atoms with Gasteiger partial charge in [-0.1, -0.05) is 67.4 Å². The quantitative estimate of drug-likeness (QED) is 0.389. The predicted molar refractivity (Wildman–Crippen MR) is 89.2 cm³/mol. The molecule has 1 rings (SSSR count). The van der Waals surface area contributed by atoms with Gasteiger partial charge in [-0.05, 0) is 24.1 Å². The highest BCUT2D eigenvalue weighted by atomic mass is 79.9. The van der Waals surface area contributed by atoms with Crippen LogP contribution in [0.5, 0.6) is 11.5 Å². The second-order valence-corrected chi connectivity index (χ2v) is 6.24. The second kappa shape index (κ2) is 10.1. The summed E-state index contributed by atoms with van der Waals surface area (Å²) in [5.74, 6) is 1.59. The lowest BCUT2D eigenvalue weighted by atomic mass is 10.0. The second-order valence-electron chi connectivity index (χ2n) is 5.14. The highest BCUT2D eigenvalue weighted by Gasteiger charge is 2.11. The molecule has 2 nitrogen and oxygen atoms in total. The Morgan fingerprint density at radius 3 is 2.25 bits per heavy atom. The van der Waals surface area contributed by atoms with Gasteiger partial charge in [0.1, 0.15) is 0 Å². The minimum Gasteiger partial charge on any atom is -0.493 e. The molecule has 114 valence electrons. The number of halogens is 1. The molecule has 0 aromatic heterocycles. The first-order chi connectivity index (χ1) is 9.72. The molecular formula is C17H27BrO2. The summed E-state index contributed by atoms with van der Waals surface area (Å²) in [6.07, 6.45) is 9.18. The topological polar surface area (TPSA) is 18.5 Å². The molecule has 20 heavy (non-hydrogen) atoms. The van der Waals surface area contributed by atoms with Gasteiger partial charge in [0.2, 0.25) is 0 Å². The first kappa shape index (κ1) is 17.4. The van der Waals surface area contributed by atoms with Crippen molar-refractivity contribution in [2.75, 3.05) is 14.2 Å². The van der Waals surface area contributed by atoms with E-state index in [9.17, 15) is 0 Å². The van der Waals surface area contributed by atoms with Crippen LogP contribution in [0.25, 0.3) is 0 Å². The van der Waals surface area contributed by atoms with Crippen molar-refractivity contribution in [2.45, 2.75) is 56.7 Å². The summed E-state index contributed by atoms with van der Waals surface area (Å²) in [7, 11) is 3.35. The van der Waals surface area contributed by atoms with E-state index in [1.165, 1.54) is 50.5 Å². The van der Waals surface area contributed by atoms with Crippen molar-refractivity contribution in [1.29, 1.82) is 0 Å². The Labute approximate surface area is 132 Å². The van der Waals surface area contributed by atoms with E-state index < -0.39 is 0 Å². The van der Waals surface area contributed by atoms with Gasteiger partial charge in [-0.15, -0.1) is 0 Å². The molecule has 3 heteroatoms.